The van der Waals surface area contributed by atoms with Gasteiger partial charge in [0.15, 0.2) is 5.78 Å². The first-order valence-electron chi connectivity index (χ1n) is 12.7. The molecule has 4 rings (SSSR count). The largest absolute Gasteiger partial charge is 0.494 e. The van der Waals surface area contributed by atoms with Gasteiger partial charge < -0.3 is 19.1 Å². The number of fused-ring (bicyclic) bond motifs is 1. The number of benzene rings is 1. The minimum Gasteiger partial charge on any atom is -0.494 e. The number of ether oxygens (including phenoxy) is 2. The molecule has 1 aromatic heterocycles. The third-order valence-electron chi connectivity index (χ3n) is 8.77. The van der Waals surface area contributed by atoms with Gasteiger partial charge in [0.2, 0.25) is 0 Å². The van der Waals surface area contributed by atoms with Crippen molar-refractivity contribution in [3.8, 4) is 5.75 Å². The van der Waals surface area contributed by atoms with Crippen LogP contribution in [0, 0.1) is 28.6 Å². The number of hydrogen-bond acceptors (Lipinski definition) is 4. The number of aromatic nitrogens is 1. The molecule has 1 saturated heterocycles. The summed E-state index contributed by atoms with van der Waals surface area (Å²) in [7, 11) is 0. The van der Waals surface area contributed by atoms with Crippen LogP contribution in [0.1, 0.15) is 70.7 Å². The third kappa shape index (κ3) is 4.49. The Balaban J connectivity index is 1.62. The molecule has 2 fully saturated rings. The zero-order chi connectivity index (χ0) is 24.7. The fraction of sp³-hybridized carbons (Fsp3) is 0.643. The molecule has 6 heteroatoms. The van der Waals surface area contributed by atoms with E-state index in [1.807, 2.05) is 31.3 Å². The summed E-state index contributed by atoms with van der Waals surface area (Å²) in [5, 5.41) is 10.2. The third-order valence-corrected chi connectivity index (χ3v) is 8.77. The Bertz CT molecular complexity index is 1050. The molecule has 0 amide bonds. The maximum atomic E-state index is 13.7. The second-order valence-corrected chi connectivity index (χ2v) is 11.3. The van der Waals surface area contributed by atoms with Crippen LogP contribution in [-0.2, 0) is 16.1 Å². The number of carbonyl (C=O) groups is 2. The highest BCUT2D eigenvalue weighted by atomic mass is 16.5. The van der Waals surface area contributed by atoms with Gasteiger partial charge in [-0.05, 0) is 60.6 Å². The Morgan fingerprint density at radius 3 is 2.44 bits per heavy atom. The van der Waals surface area contributed by atoms with Gasteiger partial charge in [0.1, 0.15) is 5.75 Å². The molecule has 0 spiro atoms. The van der Waals surface area contributed by atoms with E-state index in [-0.39, 0.29) is 22.5 Å². The Hall–Kier alpha value is -2.34. The van der Waals surface area contributed by atoms with Crippen LogP contribution in [0.25, 0.3) is 10.9 Å². The Morgan fingerprint density at radius 2 is 1.85 bits per heavy atom. The van der Waals surface area contributed by atoms with E-state index in [1.165, 1.54) is 0 Å². The van der Waals surface area contributed by atoms with Gasteiger partial charge in [-0.1, -0.05) is 34.6 Å². The van der Waals surface area contributed by atoms with Crippen molar-refractivity contribution in [1.29, 1.82) is 0 Å². The van der Waals surface area contributed by atoms with E-state index in [0.29, 0.717) is 31.1 Å². The van der Waals surface area contributed by atoms with E-state index in [2.05, 4.69) is 32.3 Å². The Kier molecular flexibility index (Phi) is 6.83. The van der Waals surface area contributed by atoms with Crippen LogP contribution in [-0.4, -0.2) is 41.2 Å². The van der Waals surface area contributed by atoms with E-state index < -0.39 is 11.9 Å². The molecule has 0 radical (unpaired) electrons. The van der Waals surface area contributed by atoms with Crippen LogP contribution in [0.5, 0.6) is 5.75 Å². The van der Waals surface area contributed by atoms with E-state index in [1.54, 1.807) is 0 Å². The van der Waals surface area contributed by atoms with Gasteiger partial charge in [-0.25, -0.2) is 0 Å². The van der Waals surface area contributed by atoms with Gasteiger partial charge >= 0.3 is 5.97 Å². The smallest absolute Gasteiger partial charge is 0.306 e. The molecule has 1 aliphatic carbocycles. The number of carboxylic acid groups (broad SMARTS) is 1. The van der Waals surface area contributed by atoms with E-state index in [9.17, 15) is 14.7 Å². The van der Waals surface area contributed by atoms with E-state index in [4.69, 9.17) is 9.47 Å². The van der Waals surface area contributed by atoms with Crippen molar-refractivity contribution in [3.05, 3.63) is 30.0 Å². The monoisotopic (exact) mass is 469 g/mol. The molecule has 1 atom stereocenters. The van der Waals surface area contributed by atoms with Crippen molar-refractivity contribution in [2.75, 3.05) is 19.8 Å². The second-order valence-electron chi connectivity index (χ2n) is 11.3. The van der Waals surface area contributed by atoms with Crippen LogP contribution in [0.2, 0.25) is 0 Å². The molecular formula is C28H39NO5. The first kappa shape index (κ1) is 24.8. The lowest BCUT2D eigenvalue weighted by Crippen LogP contribution is -2.20. The topological polar surface area (TPSA) is 77.8 Å². The van der Waals surface area contributed by atoms with Gasteiger partial charge in [0.25, 0.3) is 0 Å². The molecule has 1 saturated carbocycles. The second kappa shape index (κ2) is 9.37. The number of carbonyl (C=O) groups excluding carboxylic acids is 1. The molecule has 186 valence electrons. The highest BCUT2D eigenvalue weighted by molar-refractivity contribution is 6.11. The molecular weight excluding hydrogens is 430 g/mol. The van der Waals surface area contributed by atoms with Crippen molar-refractivity contribution in [2.45, 2.75) is 66.8 Å². The molecule has 6 nitrogen and oxygen atoms in total. The summed E-state index contributed by atoms with van der Waals surface area (Å²) in [6.45, 7) is 13.4. The minimum atomic E-state index is -0.783. The van der Waals surface area contributed by atoms with Crippen molar-refractivity contribution in [3.63, 3.8) is 0 Å². The number of carboxylic acids is 1. The standard InChI is InChI=1S/C28H39NO5/c1-6-19(26(31)32)11-14-34-20-7-8-23-21(15-20)22(24(30)25-27(2,3)28(25,4)5)17-29(23)16-18-9-12-33-13-10-18/h7-8,15,17-19,25H,6,9-14,16H2,1-5H3,(H,31,32). The lowest BCUT2D eigenvalue weighted by Gasteiger charge is -2.22. The number of Topliss-reactive ketones (excluding diaryl/α,β-unsaturated/α-hetero) is 1. The van der Waals surface area contributed by atoms with Crippen LogP contribution in [0.4, 0.5) is 0 Å². The highest BCUT2D eigenvalue weighted by Crippen LogP contribution is 2.69. The van der Waals surface area contributed by atoms with Crippen molar-refractivity contribution in [2.24, 2.45) is 28.6 Å². The maximum absolute atomic E-state index is 13.7. The zero-order valence-corrected chi connectivity index (χ0v) is 21.2. The normalized spacial score (nSPS) is 20.9. The van der Waals surface area contributed by atoms with Gasteiger partial charge in [-0.3, -0.25) is 9.59 Å². The maximum Gasteiger partial charge on any atom is 0.306 e. The van der Waals surface area contributed by atoms with Gasteiger partial charge in [0.05, 0.1) is 12.5 Å². The summed E-state index contributed by atoms with van der Waals surface area (Å²) in [6, 6.07) is 5.94. The van der Waals surface area contributed by atoms with Crippen LogP contribution in [0.15, 0.2) is 24.4 Å². The molecule has 2 heterocycles. The van der Waals surface area contributed by atoms with Crippen molar-refractivity contribution < 1.29 is 24.2 Å². The number of hydrogen-bond donors (Lipinski definition) is 1. The molecule has 2 aliphatic rings. The Labute approximate surface area is 202 Å². The SMILES string of the molecule is CCC(CCOc1ccc2c(c1)c(C(=O)C1C(C)(C)C1(C)C)cn2CC1CCOCC1)C(=O)O. The van der Waals surface area contributed by atoms with Crippen LogP contribution in [0.3, 0.4) is 0 Å². The average Bonchev–Trinajstić information content (AvgIpc) is 3.04. The fourth-order valence-electron chi connectivity index (χ4n) is 5.75. The number of nitrogens with zero attached hydrogens (tertiary/aromatic N) is 1. The first-order valence-corrected chi connectivity index (χ1v) is 12.7. The van der Waals surface area contributed by atoms with Gasteiger partial charge in [-0.15, -0.1) is 0 Å². The van der Waals surface area contributed by atoms with E-state index in [0.717, 1.165) is 49.1 Å². The summed E-state index contributed by atoms with van der Waals surface area (Å²) in [5.41, 5.74) is 1.77. The van der Waals surface area contributed by atoms with Crippen molar-refractivity contribution in [1.82, 2.24) is 4.57 Å². The summed E-state index contributed by atoms with van der Waals surface area (Å²) in [4.78, 5) is 25.1. The molecule has 1 N–H and O–H groups in total. The lowest BCUT2D eigenvalue weighted by atomic mass is 10.0. The van der Waals surface area contributed by atoms with Crippen molar-refractivity contribution >= 4 is 22.7 Å². The summed E-state index contributed by atoms with van der Waals surface area (Å²) >= 11 is 0. The average molecular weight is 470 g/mol. The predicted octanol–water partition coefficient (Wildman–Crippen LogP) is 5.81. The van der Waals surface area contributed by atoms with E-state index >= 15 is 0 Å². The number of rotatable bonds is 10. The number of ketones is 1. The summed E-state index contributed by atoms with van der Waals surface area (Å²) in [5.74, 6) is 0.237. The minimum absolute atomic E-state index is 0.00687. The molecule has 1 aliphatic heterocycles. The molecule has 2 aromatic rings. The molecule has 0 bridgehead atoms. The lowest BCUT2D eigenvalue weighted by molar-refractivity contribution is -0.142. The van der Waals surface area contributed by atoms with Gasteiger partial charge in [-0.2, -0.15) is 0 Å². The number of aliphatic carboxylic acids is 1. The predicted molar refractivity (Wildman–Crippen MR) is 132 cm³/mol. The van der Waals surface area contributed by atoms with Gasteiger partial charge in [0, 0.05) is 48.3 Å². The highest BCUT2D eigenvalue weighted by Gasteiger charge is 2.68. The molecule has 34 heavy (non-hydrogen) atoms. The summed E-state index contributed by atoms with van der Waals surface area (Å²) < 4.78 is 13.7. The summed E-state index contributed by atoms with van der Waals surface area (Å²) in [6.07, 6.45) is 5.17. The first-order chi connectivity index (χ1) is 16.1. The Morgan fingerprint density at radius 1 is 1.18 bits per heavy atom. The molecule has 1 unspecified atom stereocenters. The zero-order valence-electron chi connectivity index (χ0n) is 21.2. The fourth-order valence-corrected chi connectivity index (χ4v) is 5.75. The van der Waals surface area contributed by atoms with Crippen LogP contribution < -0.4 is 4.74 Å². The molecule has 1 aromatic carbocycles. The quantitative estimate of drug-likeness (QED) is 0.444. The van der Waals surface area contributed by atoms with Crippen LogP contribution >= 0.6 is 0 Å².